The van der Waals surface area contributed by atoms with E-state index in [1.165, 1.54) is 5.56 Å². The fourth-order valence-electron chi connectivity index (χ4n) is 2.24. The maximum atomic E-state index is 12.2. The maximum absolute atomic E-state index is 12.2. The monoisotopic (exact) mass is 310 g/mol. The van der Waals surface area contributed by atoms with Crippen molar-refractivity contribution in [2.24, 2.45) is 0 Å². The van der Waals surface area contributed by atoms with Crippen molar-refractivity contribution in [3.63, 3.8) is 0 Å². The molecule has 1 amide bonds. The zero-order valence-electron chi connectivity index (χ0n) is 10.7. The standard InChI is InChI=1S/C14H19BrN2O/c1-2-8-16-13-7-9-17(14(13)18)10-11-5-3-4-6-12(11)15/h3-6,13,16H,2,7-10H2,1H3. The van der Waals surface area contributed by atoms with E-state index in [-0.39, 0.29) is 11.9 Å². The first-order valence-electron chi connectivity index (χ1n) is 6.48. The first kappa shape index (κ1) is 13.6. The lowest BCUT2D eigenvalue weighted by Gasteiger charge is -2.18. The van der Waals surface area contributed by atoms with Crippen molar-refractivity contribution in [1.29, 1.82) is 0 Å². The van der Waals surface area contributed by atoms with Crippen LogP contribution in [-0.4, -0.2) is 29.9 Å². The van der Waals surface area contributed by atoms with Gasteiger partial charge in [0.05, 0.1) is 6.04 Å². The molecule has 0 spiro atoms. The number of halogens is 1. The predicted octanol–water partition coefficient (Wildman–Crippen LogP) is 2.55. The molecule has 0 saturated carbocycles. The van der Waals surface area contributed by atoms with Crippen LogP contribution in [0.2, 0.25) is 0 Å². The molecule has 98 valence electrons. The molecule has 1 aromatic carbocycles. The molecule has 1 heterocycles. The van der Waals surface area contributed by atoms with Crippen molar-refractivity contribution in [1.82, 2.24) is 10.2 Å². The molecule has 0 aliphatic carbocycles. The van der Waals surface area contributed by atoms with Gasteiger partial charge in [-0.15, -0.1) is 0 Å². The molecule has 1 aromatic rings. The maximum Gasteiger partial charge on any atom is 0.240 e. The van der Waals surface area contributed by atoms with E-state index in [1.807, 2.05) is 23.1 Å². The van der Waals surface area contributed by atoms with Gasteiger partial charge in [0, 0.05) is 17.6 Å². The summed E-state index contributed by atoms with van der Waals surface area (Å²) in [5.41, 5.74) is 1.17. The van der Waals surface area contributed by atoms with Crippen LogP contribution < -0.4 is 5.32 Å². The van der Waals surface area contributed by atoms with Gasteiger partial charge in [-0.1, -0.05) is 41.1 Å². The van der Waals surface area contributed by atoms with Crippen LogP contribution >= 0.6 is 15.9 Å². The van der Waals surface area contributed by atoms with Gasteiger partial charge in [0.25, 0.3) is 0 Å². The van der Waals surface area contributed by atoms with Crippen LogP contribution in [0.25, 0.3) is 0 Å². The fourth-order valence-corrected chi connectivity index (χ4v) is 2.65. The summed E-state index contributed by atoms with van der Waals surface area (Å²) in [5.74, 6) is 0.235. The van der Waals surface area contributed by atoms with Crippen LogP contribution in [0.15, 0.2) is 28.7 Å². The lowest BCUT2D eigenvalue weighted by Crippen LogP contribution is -2.38. The molecule has 3 nitrogen and oxygen atoms in total. The quantitative estimate of drug-likeness (QED) is 0.906. The van der Waals surface area contributed by atoms with Crippen molar-refractivity contribution in [2.45, 2.75) is 32.4 Å². The van der Waals surface area contributed by atoms with Gasteiger partial charge in [0.15, 0.2) is 0 Å². The molecule has 1 aliphatic heterocycles. The summed E-state index contributed by atoms with van der Waals surface area (Å²) in [4.78, 5) is 14.1. The van der Waals surface area contributed by atoms with Gasteiger partial charge in [-0.3, -0.25) is 4.79 Å². The van der Waals surface area contributed by atoms with Gasteiger partial charge in [0.2, 0.25) is 5.91 Å². The van der Waals surface area contributed by atoms with Gasteiger partial charge in [0.1, 0.15) is 0 Å². The molecule has 4 heteroatoms. The summed E-state index contributed by atoms with van der Waals surface area (Å²) in [6, 6.07) is 8.10. The van der Waals surface area contributed by atoms with Gasteiger partial charge < -0.3 is 10.2 Å². The van der Waals surface area contributed by atoms with E-state index in [4.69, 9.17) is 0 Å². The number of nitrogens with one attached hydrogen (secondary N) is 1. The Kier molecular flexibility index (Phi) is 4.78. The van der Waals surface area contributed by atoms with E-state index in [9.17, 15) is 4.79 Å². The highest BCUT2D eigenvalue weighted by Crippen LogP contribution is 2.21. The number of carbonyl (C=O) groups excluding carboxylic acids is 1. The lowest BCUT2D eigenvalue weighted by molar-refractivity contribution is -0.129. The third kappa shape index (κ3) is 3.12. The molecule has 1 saturated heterocycles. The molecule has 2 rings (SSSR count). The third-order valence-corrected chi connectivity index (χ3v) is 4.03. The van der Waals surface area contributed by atoms with E-state index in [0.717, 1.165) is 30.4 Å². The number of amides is 1. The van der Waals surface area contributed by atoms with Crippen molar-refractivity contribution in [3.8, 4) is 0 Å². The minimum Gasteiger partial charge on any atom is -0.337 e. The Morgan fingerprint density at radius 2 is 2.22 bits per heavy atom. The third-order valence-electron chi connectivity index (χ3n) is 3.26. The molecule has 1 atom stereocenters. The molecule has 0 aromatic heterocycles. The molecule has 1 aliphatic rings. The first-order chi connectivity index (χ1) is 8.72. The van der Waals surface area contributed by atoms with Crippen LogP contribution in [0.3, 0.4) is 0 Å². The van der Waals surface area contributed by atoms with Crippen LogP contribution in [0.4, 0.5) is 0 Å². The summed E-state index contributed by atoms with van der Waals surface area (Å²) in [5, 5.41) is 3.31. The Labute approximate surface area is 117 Å². The van der Waals surface area contributed by atoms with E-state index in [2.05, 4.69) is 34.2 Å². The molecule has 0 radical (unpaired) electrons. The fraction of sp³-hybridized carbons (Fsp3) is 0.500. The van der Waals surface area contributed by atoms with E-state index in [1.54, 1.807) is 0 Å². The topological polar surface area (TPSA) is 32.3 Å². The second kappa shape index (κ2) is 6.34. The zero-order chi connectivity index (χ0) is 13.0. The van der Waals surface area contributed by atoms with Crippen LogP contribution in [0, 0.1) is 0 Å². The van der Waals surface area contributed by atoms with Crippen molar-refractivity contribution < 1.29 is 4.79 Å². The van der Waals surface area contributed by atoms with Gasteiger partial charge in [-0.2, -0.15) is 0 Å². The SMILES string of the molecule is CCCNC1CCN(Cc2ccccc2Br)C1=O. The van der Waals surface area contributed by atoms with E-state index < -0.39 is 0 Å². The highest BCUT2D eigenvalue weighted by Gasteiger charge is 2.30. The number of nitrogens with zero attached hydrogens (tertiary/aromatic N) is 1. The Morgan fingerprint density at radius 3 is 2.94 bits per heavy atom. The Bertz CT molecular complexity index is 422. The summed E-state index contributed by atoms with van der Waals surface area (Å²) >= 11 is 3.53. The molecule has 0 bridgehead atoms. The average Bonchev–Trinajstić information content (AvgIpc) is 2.71. The minimum absolute atomic E-state index is 0.0208. The summed E-state index contributed by atoms with van der Waals surface area (Å²) in [6.07, 6.45) is 1.98. The Balaban J connectivity index is 1.96. The largest absolute Gasteiger partial charge is 0.337 e. The number of rotatable bonds is 5. The highest BCUT2D eigenvalue weighted by atomic mass is 79.9. The number of hydrogen-bond donors (Lipinski definition) is 1. The second-order valence-electron chi connectivity index (χ2n) is 4.65. The number of likely N-dealkylation sites (tertiary alicyclic amines) is 1. The molecular formula is C14H19BrN2O. The molecular weight excluding hydrogens is 292 g/mol. The molecule has 1 N–H and O–H groups in total. The predicted molar refractivity (Wildman–Crippen MR) is 76.3 cm³/mol. The molecule has 1 unspecified atom stereocenters. The summed E-state index contributed by atoms with van der Waals surface area (Å²) < 4.78 is 1.07. The number of hydrogen-bond acceptors (Lipinski definition) is 2. The Morgan fingerprint density at radius 1 is 1.44 bits per heavy atom. The lowest BCUT2D eigenvalue weighted by atomic mass is 10.2. The number of benzene rings is 1. The summed E-state index contributed by atoms with van der Waals surface area (Å²) in [6.45, 7) is 4.58. The van der Waals surface area contributed by atoms with Crippen LogP contribution in [0.1, 0.15) is 25.3 Å². The van der Waals surface area contributed by atoms with Crippen molar-refractivity contribution >= 4 is 21.8 Å². The van der Waals surface area contributed by atoms with E-state index in [0.29, 0.717) is 6.54 Å². The number of carbonyl (C=O) groups is 1. The van der Waals surface area contributed by atoms with Crippen molar-refractivity contribution in [3.05, 3.63) is 34.3 Å². The van der Waals surface area contributed by atoms with Gasteiger partial charge >= 0.3 is 0 Å². The summed E-state index contributed by atoms with van der Waals surface area (Å²) in [7, 11) is 0. The van der Waals surface area contributed by atoms with Crippen LogP contribution in [-0.2, 0) is 11.3 Å². The average molecular weight is 311 g/mol. The van der Waals surface area contributed by atoms with Crippen LogP contribution in [0.5, 0.6) is 0 Å². The molecule has 18 heavy (non-hydrogen) atoms. The second-order valence-corrected chi connectivity index (χ2v) is 5.50. The minimum atomic E-state index is 0.0208. The Hall–Kier alpha value is -0.870. The zero-order valence-corrected chi connectivity index (χ0v) is 12.2. The smallest absolute Gasteiger partial charge is 0.240 e. The van der Waals surface area contributed by atoms with Gasteiger partial charge in [-0.25, -0.2) is 0 Å². The molecule has 1 fully saturated rings. The normalized spacial score (nSPS) is 19.6. The van der Waals surface area contributed by atoms with Crippen molar-refractivity contribution in [2.75, 3.05) is 13.1 Å². The van der Waals surface area contributed by atoms with Gasteiger partial charge in [-0.05, 0) is 31.0 Å². The highest BCUT2D eigenvalue weighted by molar-refractivity contribution is 9.10. The van der Waals surface area contributed by atoms with E-state index >= 15 is 0 Å². The first-order valence-corrected chi connectivity index (χ1v) is 7.27.